The lowest BCUT2D eigenvalue weighted by Crippen LogP contribution is -2.24. The lowest BCUT2D eigenvalue weighted by molar-refractivity contribution is 0.00895. The Morgan fingerprint density at radius 2 is 1.89 bits per heavy atom. The quantitative estimate of drug-likeness (QED) is 0.521. The molecule has 1 nitrogen and oxygen atoms in total. The summed E-state index contributed by atoms with van der Waals surface area (Å²) in [5.74, 6) is 0.860. The molecule has 0 aromatic carbocycles. The summed E-state index contributed by atoms with van der Waals surface area (Å²) in [5, 5.41) is 0. The first-order valence-corrected chi connectivity index (χ1v) is 3.95. The van der Waals surface area contributed by atoms with E-state index >= 15 is 0 Å². The van der Waals surface area contributed by atoms with Gasteiger partial charge in [0.2, 0.25) is 0 Å². The van der Waals surface area contributed by atoms with Crippen molar-refractivity contribution in [2.45, 2.75) is 32.1 Å². The predicted molar refractivity (Wildman–Crippen MR) is 35.8 cm³/mol. The van der Waals surface area contributed by atoms with E-state index in [2.05, 4.69) is 0 Å². The zero-order chi connectivity index (χ0) is 6.10. The maximum Gasteiger partial charge on any atom is 0.102 e. The molecule has 0 spiro atoms. The van der Waals surface area contributed by atoms with Crippen molar-refractivity contribution in [3.8, 4) is 0 Å². The highest BCUT2D eigenvalue weighted by molar-refractivity contribution is 4.95. The second kappa shape index (κ2) is 2.30. The number of hydrogen-bond donors (Lipinski definition) is 0. The third kappa shape index (κ3) is 0.983. The van der Waals surface area contributed by atoms with Gasteiger partial charge in [0, 0.05) is 6.42 Å². The molecule has 1 heterocycles. The van der Waals surface area contributed by atoms with Crippen LogP contribution in [0.3, 0.4) is 0 Å². The Hall–Kier alpha value is -0.0400. The molecule has 1 radical (unpaired) electrons. The number of ether oxygens (including phenoxy) is 1. The van der Waals surface area contributed by atoms with Crippen LogP contribution in [0.25, 0.3) is 0 Å². The van der Waals surface area contributed by atoms with Crippen molar-refractivity contribution in [2.24, 2.45) is 5.92 Å². The highest BCUT2D eigenvalue weighted by Crippen LogP contribution is 2.39. The predicted octanol–water partition coefficient (Wildman–Crippen LogP) is 2.13. The van der Waals surface area contributed by atoms with Gasteiger partial charge in [-0.15, -0.1) is 0 Å². The number of hydrogen-bond acceptors (Lipinski definition) is 1. The van der Waals surface area contributed by atoms with Gasteiger partial charge in [-0.25, -0.2) is 0 Å². The van der Waals surface area contributed by atoms with Crippen molar-refractivity contribution in [1.29, 1.82) is 0 Å². The Balaban J connectivity index is 1.82. The van der Waals surface area contributed by atoms with Crippen LogP contribution in [0.5, 0.6) is 0 Å². The molecule has 0 N–H and O–H groups in total. The first-order chi connectivity index (χ1) is 4.47. The van der Waals surface area contributed by atoms with Crippen molar-refractivity contribution < 1.29 is 4.74 Å². The van der Waals surface area contributed by atoms with Crippen LogP contribution < -0.4 is 0 Å². The van der Waals surface area contributed by atoms with E-state index in [-0.39, 0.29) is 0 Å². The molecule has 2 aliphatic rings. The maximum atomic E-state index is 5.33. The summed E-state index contributed by atoms with van der Waals surface area (Å²) in [5.41, 5.74) is 0. The normalized spacial score (nSPS) is 30.7. The minimum Gasteiger partial charge on any atom is -0.371 e. The topological polar surface area (TPSA) is 9.23 Å². The van der Waals surface area contributed by atoms with Crippen molar-refractivity contribution in [2.75, 3.05) is 6.61 Å². The Kier molecular flexibility index (Phi) is 1.46. The third-order valence-corrected chi connectivity index (χ3v) is 2.45. The highest BCUT2D eigenvalue weighted by Gasteiger charge is 2.31. The molecule has 0 aromatic rings. The van der Waals surface area contributed by atoms with E-state index in [0.717, 1.165) is 12.5 Å². The van der Waals surface area contributed by atoms with Gasteiger partial charge in [-0.1, -0.05) is 12.8 Å². The molecule has 0 bridgehead atoms. The van der Waals surface area contributed by atoms with E-state index in [0.29, 0.717) is 0 Å². The Bertz CT molecular complexity index is 90.7. The zero-order valence-electron chi connectivity index (χ0n) is 5.73. The molecule has 0 atom stereocenters. The van der Waals surface area contributed by atoms with E-state index in [1.165, 1.54) is 38.2 Å². The Morgan fingerprint density at radius 3 is 2.33 bits per heavy atom. The van der Waals surface area contributed by atoms with E-state index in [9.17, 15) is 0 Å². The first-order valence-electron chi connectivity index (χ1n) is 3.95. The fourth-order valence-electron chi connectivity index (χ4n) is 1.79. The molecule has 9 heavy (non-hydrogen) atoms. The molecule has 2 fully saturated rings. The van der Waals surface area contributed by atoms with Crippen LogP contribution in [0.15, 0.2) is 0 Å². The second-order valence-electron chi connectivity index (χ2n) is 3.05. The van der Waals surface area contributed by atoms with Gasteiger partial charge < -0.3 is 4.74 Å². The highest BCUT2D eigenvalue weighted by atomic mass is 16.5. The second-order valence-corrected chi connectivity index (χ2v) is 3.05. The standard InChI is InChI=1S/C8H13O/c1-2-4-7(3-1)8-5-6-9-8/h7H,1-6H2. The minimum atomic E-state index is 0.860. The molecule has 1 saturated heterocycles. The Labute approximate surface area is 56.4 Å². The summed E-state index contributed by atoms with van der Waals surface area (Å²) >= 11 is 0. The van der Waals surface area contributed by atoms with E-state index < -0.39 is 0 Å². The average Bonchev–Trinajstić information content (AvgIpc) is 2.11. The third-order valence-electron chi connectivity index (χ3n) is 2.45. The summed E-state index contributed by atoms with van der Waals surface area (Å²) in [6.45, 7) is 0.992. The molecule has 1 aliphatic heterocycles. The Morgan fingerprint density at radius 1 is 1.22 bits per heavy atom. The SMILES string of the molecule is C1CCC([C]2CCO2)C1. The number of rotatable bonds is 1. The maximum absolute atomic E-state index is 5.33. The summed E-state index contributed by atoms with van der Waals surface area (Å²) in [4.78, 5) is 0. The van der Waals surface area contributed by atoms with E-state index in [1.54, 1.807) is 0 Å². The van der Waals surface area contributed by atoms with Crippen LogP contribution in [0.1, 0.15) is 32.1 Å². The van der Waals surface area contributed by atoms with Gasteiger partial charge in [0.15, 0.2) is 0 Å². The van der Waals surface area contributed by atoms with E-state index in [4.69, 9.17) is 4.74 Å². The van der Waals surface area contributed by atoms with Gasteiger partial charge in [-0.05, 0) is 18.8 Å². The minimum absolute atomic E-state index is 0.860. The van der Waals surface area contributed by atoms with Gasteiger partial charge >= 0.3 is 0 Å². The van der Waals surface area contributed by atoms with Crippen LogP contribution in [-0.2, 0) is 4.74 Å². The molecule has 1 heteroatoms. The van der Waals surface area contributed by atoms with Gasteiger partial charge in [-0.3, -0.25) is 0 Å². The van der Waals surface area contributed by atoms with Crippen LogP contribution >= 0.6 is 0 Å². The van der Waals surface area contributed by atoms with Crippen LogP contribution in [0.2, 0.25) is 0 Å². The van der Waals surface area contributed by atoms with Crippen molar-refractivity contribution >= 4 is 0 Å². The lowest BCUT2D eigenvalue weighted by atomic mass is 9.95. The largest absolute Gasteiger partial charge is 0.371 e. The average molecular weight is 125 g/mol. The monoisotopic (exact) mass is 125 g/mol. The molecule has 0 aromatic heterocycles. The van der Waals surface area contributed by atoms with Crippen LogP contribution in [0.4, 0.5) is 0 Å². The molecular weight excluding hydrogens is 112 g/mol. The molecular formula is C8H13O. The van der Waals surface area contributed by atoms with Crippen molar-refractivity contribution in [3.05, 3.63) is 6.10 Å². The summed E-state index contributed by atoms with van der Waals surface area (Å²) in [7, 11) is 0. The lowest BCUT2D eigenvalue weighted by Gasteiger charge is -2.30. The van der Waals surface area contributed by atoms with Gasteiger partial charge in [0.25, 0.3) is 0 Å². The van der Waals surface area contributed by atoms with Crippen molar-refractivity contribution in [1.82, 2.24) is 0 Å². The van der Waals surface area contributed by atoms with Gasteiger partial charge in [0.1, 0.15) is 6.10 Å². The van der Waals surface area contributed by atoms with Crippen LogP contribution in [-0.4, -0.2) is 6.61 Å². The molecule has 1 aliphatic carbocycles. The van der Waals surface area contributed by atoms with E-state index in [1.807, 2.05) is 0 Å². The summed E-state index contributed by atoms with van der Waals surface area (Å²) in [6, 6.07) is 0. The fourth-order valence-corrected chi connectivity index (χ4v) is 1.79. The smallest absolute Gasteiger partial charge is 0.102 e. The first kappa shape index (κ1) is 5.72. The molecule has 51 valence electrons. The summed E-state index contributed by atoms with van der Waals surface area (Å²) < 4.78 is 5.33. The fraction of sp³-hybridized carbons (Fsp3) is 0.875. The molecule has 1 saturated carbocycles. The summed E-state index contributed by atoms with van der Waals surface area (Å²) in [6.07, 6.45) is 8.32. The molecule has 2 rings (SSSR count). The molecule has 0 unspecified atom stereocenters. The molecule has 0 amide bonds. The van der Waals surface area contributed by atoms with Gasteiger partial charge in [-0.2, -0.15) is 0 Å². The van der Waals surface area contributed by atoms with Gasteiger partial charge in [0.05, 0.1) is 6.61 Å². The van der Waals surface area contributed by atoms with Crippen LogP contribution in [0, 0.1) is 12.0 Å². The van der Waals surface area contributed by atoms with Crippen molar-refractivity contribution in [3.63, 3.8) is 0 Å². The zero-order valence-corrected chi connectivity index (χ0v) is 5.73.